The van der Waals surface area contributed by atoms with E-state index in [-0.39, 0.29) is 5.75 Å². The van der Waals surface area contributed by atoms with E-state index in [0.717, 1.165) is 18.7 Å². The van der Waals surface area contributed by atoms with Gasteiger partial charge in [-0.25, -0.2) is 4.39 Å². The molecule has 3 aromatic carbocycles. The number of pyridine rings is 1. The van der Waals surface area contributed by atoms with E-state index in [2.05, 4.69) is 39.5 Å². The van der Waals surface area contributed by atoms with Gasteiger partial charge in [0.1, 0.15) is 5.75 Å². The zero-order chi connectivity index (χ0) is 23.5. The third-order valence-electron chi connectivity index (χ3n) is 6.04. The Hall–Kier alpha value is -3.84. The van der Waals surface area contributed by atoms with E-state index in [9.17, 15) is 0 Å². The third-order valence-corrected chi connectivity index (χ3v) is 6.04. The highest BCUT2D eigenvalue weighted by Crippen LogP contribution is 2.37. The molecule has 1 aliphatic rings. The molecular formula is C27H26FN3O3. The molecule has 2 heterocycles. The Morgan fingerprint density at radius 2 is 1.74 bits per heavy atom. The normalized spacial score (nSPS) is 15.5. The summed E-state index contributed by atoms with van der Waals surface area (Å²) in [6.45, 7) is 1.49. The SMILES string of the molecule is COc1cc2nccc(Oc3ccc(N4CNC(Cc5ccccc5)C4)cc3F)c2cc1OC. The fourth-order valence-electron chi connectivity index (χ4n) is 4.29. The van der Waals surface area contributed by atoms with E-state index in [1.54, 1.807) is 44.7 Å². The minimum Gasteiger partial charge on any atom is -0.493 e. The van der Waals surface area contributed by atoms with Gasteiger partial charge < -0.3 is 19.1 Å². The lowest BCUT2D eigenvalue weighted by atomic mass is 10.1. The van der Waals surface area contributed by atoms with Gasteiger partial charge in [-0.15, -0.1) is 0 Å². The lowest BCUT2D eigenvalue weighted by Gasteiger charge is -2.19. The molecule has 0 aliphatic carbocycles. The Morgan fingerprint density at radius 1 is 0.941 bits per heavy atom. The summed E-state index contributed by atoms with van der Waals surface area (Å²) in [7, 11) is 3.14. The van der Waals surface area contributed by atoms with Crippen molar-refractivity contribution in [3.05, 3.63) is 84.3 Å². The topological polar surface area (TPSA) is 55.9 Å². The molecular weight excluding hydrogens is 433 g/mol. The van der Waals surface area contributed by atoms with Gasteiger partial charge in [-0.3, -0.25) is 10.3 Å². The number of fused-ring (bicyclic) bond motifs is 1. The zero-order valence-electron chi connectivity index (χ0n) is 19.1. The highest BCUT2D eigenvalue weighted by molar-refractivity contribution is 5.88. The maximum Gasteiger partial charge on any atom is 0.167 e. The third kappa shape index (κ3) is 4.47. The molecule has 0 saturated carbocycles. The number of nitrogens with zero attached hydrogens (tertiary/aromatic N) is 2. The summed E-state index contributed by atoms with van der Waals surface area (Å²) in [6.07, 6.45) is 2.56. The quantitative estimate of drug-likeness (QED) is 0.412. The molecule has 5 rings (SSSR count). The zero-order valence-corrected chi connectivity index (χ0v) is 19.1. The Labute approximate surface area is 197 Å². The number of hydrogen-bond donors (Lipinski definition) is 1. The predicted molar refractivity (Wildman–Crippen MR) is 131 cm³/mol. The van der Waals surface area contributed by atoms with E-state index in [1.165, 1.54) is 11.6 Å². The number of methoxy groups -OCH3 is 2. The lowest BCUT2D eigenvalue weighted by Crippen LogP contribution is -2.25. The van der Waals surface area contributed by atoms with Crippen LogP contribution in [0.5, 0.6) is 23.0 Å². The van der Waals surface area contributed by atoms with E-state index in [1.807, 2.05) is 12.1 Å². The van der Waals surface area contributed by atoms with Crippen LogP contribution in [0, 0.1) is 5.82 Å². The Balaban J connectivity index is 1.33. The fourth-order valence-corrected chi connectivity index (χ4v) is 4.29. The van der Waals surface area contributed by atoms with Crippen molar-refractivity contribution in [1.29, 1.82) is 0 Å². The monoisotopic (exact) mass is 459 g/mol. The first kappa shape index (κ1) is 22.0. The van der Waals surface area contributed by atoms with Crippen molar-refractivity contribution >= 4 is 16.6 Å². The van der Waals surface area contributed by atoms with Crippen LogP contribution >= 0.6 is 0 Å². The second-order valence-corrected chi connectivity index (χ2v) is 8.22. The molecule has 4 aromatic rings. The highest BCUT2D eigenvalue weighted by atomic mass is 19.1. The van der Waals surface area contributed by atoms with Crippen molar-refractivity contribution in [2.75, 3.05) is 32.3 Å². The Morgan fingerprint density at radius 3 is 2.50 bits per heavy atom. The van der Waals surface area contributed by atoms with Crippen LogP contribution in [0.15, 0.2) is 72.9 Å². The number of aromatic nitrogens is 1. The van der Waals surface area contributed by atoms with Crippen molar-refractivity contribution in [2.24, 2.45) is 0 Å². The lowest BCUT2D eigenvalue weighted by molar-refractivity contribution is 0.355. The molecule has 1 aromatic heterocycles. The number of anilines is 1. The molecule has 174 valence electrons. The summed E-state index contributed by atoms with van der Waals surface area (Å²) in [6, 6.07) is 21.0. The maximum atomic E-state index is 15.1. The van der Waals surface area contributed by atoms with E-state index in [0.29, 0.717) is 40.9 Å². The summed E-state index contributed by atoms with van der Waals surface area (Å²) < 4.78 is 31.8. The average molecular weight is 460 g/mol. The molecule has 0 bridgehead atoms. The van der Waals surface area contributed by atoms with Gasteiger partial charge in [0.15, 0.2) is 23.1 Å². The van der Waals surface area contributed by atoms with Crippen molar-refractivity contribution in [1.82, 2.24) is 10.3 Å². The maximum absolute atomic E-state index is 15.1. The summed E-state index contributed by atoms with van der Waals surface area (Å²) in [5, 5.41) is 4.22. The van der Waals surface area contributed by atoms with Gasteiger partial charge in [-0.05, 0) is 36.2 Å². The first-order valence-corrected chi connectivity index (χ1v) is 11.1. The molecule has 1 aliphatic heterocycles. The first-order valence-electron chi connectivity index (χ1n) is 11.1. The number of benzene rings is 3. The van der Waals surface area contributed by atoms with E-state index < -0.39 is 5.82 Å². The van der Waals surface area contributed by atoms with Crippen molar-refractivity contribution in [2.45, 2.75) is 12.5 Å². The van der Waals surface area contributed by atoms with Gasteiger partial charge in [0.05, 0.1) is 26.4 Å². The van der Waals surface area contributed by atoms with Crippen LogP contribution in [0.25, 0.3) is 10.9 Å². The molecule has 1 N–H and O–H groups in total. The predicted octanol–water partition coefficient (Wildman–Crippen LogP) is 5.16. The Bertz CT molecular complexity index is 1300. The molecule has 0 spiro atoms. The first-order chi connectivity index (χ1) is 16.6. The van der Waals surface area contributed by atoms with Gasteiger partial charge in [0.2, 0.25) is 0 Å². The average Bonchev–Trinajstić information content (AvgIpc) is 3.33. The minimum atomic E-state index is -0.422. The second kappa shape index (κ2) is 9.57. The number of rotatable bonds is 7. The molecule has 0 radical (unpaired) electrons. The van der Waals surface area contributed by atoms with Gasteiger partial charge in [0, 0.05) is 42.0 Å². The minimum absolute atomic E-state index is 0.152. The summed E-state index contributed by atoms with van der Waals surface area (Å²) in [5.74, 6) is 1.34. The summed E-state index contributed by atoms with van der Waals surface area (Å²) in [4.78, 5) is 6.51. The van der Waals surface area contributed by atoms with Gasteiger partial charge in [0.25, 0.3) is 0 Å². The van der Waals surface area contributed by atoms with E-state index >= 15 is 4.39 Å². The van der Waals surface area contributed by atoms with Crippen molar-refractivity contribution < 1.29 is 18.6 Å². The molecule has 1 atom stereocenters. The van der Waals surface area contributed by atoms with Gasteiger partial charge >= 0.3 is 0 Å². The molecule has 7 heteroatoms. The highest BCUT2D eigenvalue weighted by Gasteiger charge is 2.23. The van der Waals surface area contributed by atoms with Crippen LogP contribution in [-0.2, 0) is 6.42 Å². The van der Waals surface area contributed by atoms with E-state index in [4.69, 9.17) is 14.2 Å². The molecule has 1 unspecified atom stereocenters. The number of nitrogens with one attached hydrogen (secondary N) is 1. The fraction of sp³-hybridized carbons (Fsp3) is 0.222. The van der Waals surface area contributed by atoms with Crippen molar-refractivity contribution in [3.63, 3.8) is 0 Å². The number of ether oxygens (including phenoxy) is 3. The largest absolute Gasteiger partial charge is 0.493 e. The van der Waals surface area contributed by atoms with Crippen LogP contribution in [0.1, 0.15) is 5.56 Å². The van der Waals surface area contributed by atoms with Gasteiger partial charge in [-0.2, -0.15) is 0 Å². The summed E-state index contributed by atoms with van der Waals surface area (Å²) >= 11 is 0. The van der Waals surface area contributed by atoms with Crippen molar-refractivity contribution in [3.8, 4) is 23.0 Å². The number of halogens is 1. The second-order valence-electron chi connectivity index (χ2n) is 8.22. The number of hydrogen-bond acceptors (Lipinski definition) is 6. The summed E-state index contributed by atoms with van der Waals surface area (Å²) in [5.41, 5.74) is 2.77. The van der Waals surface area contributed by atoms with Crippen LogP contribution in [0.3, 0.4) is 0 Å². The molecule has 6 nitrogen and oxygen atoms in total. The standard InChI is InChI=1S/C27H26FN3O3/c1-32-26-14-21-23(15-27(26)33-2)29-11-10-24(21)34-25-9-8-20(13-22(25)28)31-16-19(30-17-31)12-18-6-4-3-5-7-18/h3-11,13-15,19,30H,12,16-17H2,1-2H3. The Kier molecular flexibility index (Phi) is 6.18. The molecule has 1 saturated heterocycles. The molecule has 34 heavy (non-hydrogen) atoms. The van der Waals surface area contributed by atoms with Crippen LogP contribution in [0.2, 0.25) is 0 Å². The molecule has 1 fully saturated rings. The van der Waals surface area contributed by atoms with Crippen LogP contribution in [0.4, 0.5) is 10.1 Å². The molecule has 0 amide bonds. The van der Waals surface area contributed by atoms with Crippen LogP contribution in [-0.4, -0.2) is 38.5 Å². The van der Waals surface area contributed by atoms with Crippen LogP contribution < -0.4 is 24.4 Å². The van der Waals surface area contributed by atoms with Gasteiger partial charge in [-0.1, -0.05) is 30.3 Å². The smallest absolute Gasteiger partial charge is 0.167 e.